The molecule has 4 nitrogen and oxygen atoms in total. The predicted octanol–water partition coefficient (Wildman–Crippen LogP) is 3.54. The minimum absolute atomic E-state index is 0.0107. The number of fused-ring (bicyclic) bond motifs is 1. The summed E-state index contributed by atoms with van der Waals surface area (Å²) < 4.78 is 3.01. The molecule has 5 aliphatic heterocycles. The highest BCUT2D eigenvalue weighted by atomic mass is 31.1. The van der Waals surface area contributed by atoms with E-state index in [4.69, 9.17) is 0 Å². The van der Waals surface area contributed by atoms with Crippen LogP contribution in [0.1, 0.15) is 65.7 Å². The molecule has 5 fully saturated rings. The van der Waals surface area contributed by atoms with Crippen molar-refractivity contribution in [1.82, 2.24) is 19.4 Å². The lowest BCUT2D eigenvalue weighted by Gasteiger charge is -2.55. The number of nitrogens with zero attached hydrogens (tertiary/aromatic N) is 4. The maximum atomic E-state index is 3.01. The summed E-state index contributed by atoms with van der Waals surface area (Å²) in [6, 6.07) is 0. The molecule has 0 saturated carbocycles. The Morgan fingerprint density at radius 2 is 1.12 bits per heavy atom. The summed E-state index contributed by atoms with van der Waals surface area (Å²) in [6.45, 7) is 15.5. The van der Waals surface area contributed by atoms with E-state index in [1.807, 2.05) is 0 Å². The summed E-state index contributed by atoms with van der Waals surface area (Å²) >= 11 is 0. The van der Waals surface area contributed by atoms with Gasteiger partial charge in [0.2, 0.25) is 0 Å². The molecular formula is C20H37N4P. The third kappa shape index (κ3) is 2.18. The topological polar surface area (TPSA) is 12.7 Å². The first-order valence-electron chi connectivity index (χ1n) is 10.9. The van der Waals surface area contributed by atoms with Gasteiger partial charge in [0.05, 0.1) is 0 Å². The molecular weight excluding hydrogens is 327 g/mol. The molecule has 5 heteroatoms. The lowest BCUT2D eigenvalue weighted by molar-refractivity contribution is -0.130. The fourth-order valence-corrected chi connectivity index (χ4v) is 11.2. The van der Waals surface area contributed by atoms with E-state index >= 15 is 0 Å². The average Bonchev–Trinajstić information content (AvgIpc) is 3.21. The summed E-state index contributed by atoms with van der Waals surface area (Å²) in [5.41, 5.74) is 0.628. The Labute approximate surface area is 155 Å². The molecule has 0 aromatic heterocycles. The molecule has 0 amide bonds. The van der Waals surface area contributed by atoms with Gasteiger partial charge in [0.25, 0.3) is 0 Å². The molecule has 3 atom stereocenters. The number of rotatable bonds is 3. The third-order valence-corrected chi connectivity index (χ3v) is 10.9. The van der Waals surface area contributed by atoms with Crippen molar-refractivity contribution in [3.05, 3.63) is 0 Å². The molecule has 0 aromatic rings. The fourth-order valence-electron chi connectivity index (χ4n) is 6.84. The van der Waals surface area contributed by atoms with Gasteiger partial charge in [-0.2, -0.15) is 0 Å². The molecule has 5 heterocycles. The van der Waals surface area contributed by atoms with Gasteiger partial charge in [-0.15, -0.1) is 0 Å². The Balaban J connectivity index is 1.63. The van der Waals surface area contributed by atoms with Crippen LogP contribution in [0.4, 0.5) is 0 Å². The van der Waals surface area contributed by atoms with Gasteiger partial charge >= 0.3 is 0 Å². The Bertz CT molecular complexity index is 498. The predicted molar refractivity (Wildman–Crippen MR) is 106 cm³/mol. The molecule has 5 rings (SSSR count). The van der Waals surface area contributed by atoms with Gasteiger partial charge in [-0.1, -0.05) is 0 Å². The zero-order chi connectivity index (χ0) is 17.3. The van der Waals surface area contributed by atoms with Crippen molar-refractivity contribution in [1.29, 1.82) is 0 Å². The van der Waals surface area contributed by atoms with Crippen molar-refractivity contribution < 1.29 is 0 Å². The number of likely N-dealkylation sites (tertiary alicyclic amines) is 3. The third-order valence-electron chi connectivity index (χ3n) is 7.51. The highest BCUT2D eigenvalue weighted by Crippen LogP contribution is 2.86. The lowest BCUT2D eigenvalue weighted by Crippen LogP contribution is -2.72. The maximum Gasteiger partial charge on any atom is 0.144 e. The normalized spacial score (nSPS) is 42.4. The Kier molecular flexibility index (Phi) is 4.09. The van der Waals surface area contributed by atoms with Crippen molar-refractivity contribution in [3.63, 3.8) is 0 Å². The van der Waals surface area contributed by atoms with E-state index in [0.717, 1.165) is 0 Å². The van der Waals surface area contributed by atoms with Gasteiger partial charge in [-0.3, -0.25) is 14.7 Å². The monoisotopic (exact) mass is 364 g/mol. The lowest BCUT2D eigenvalue weighted by atomic mass is 9.94. The molecule has 5 saturated heterocycles. The summed E-state index contributed by atoms with van der Waals surface area (Å²) in [7, 11) is 0.0107. The first-order valence-corrected chi connectivity index (χ1v) is 12.3. The van der Waals surface area contributed by atoms with Crippen LogP contribution >= 0.6 is 8.07 Å². The highest BCUT2D eigenvalue weighted by Gasteiger charge is 2.84. The van der Waals surface area contributed by atoms with Crippen LogP contribution in [0.15, 0.2) is 0 Å². The van der Waals surface area contributed by atoms with Gasteiger partial charge in [0.1, 0.15) is 11.1 Å². The van der Waals surface area contributed by atoms with Crippen LogP contribution in [-0.4, -0.2) is 81.4 Å². The van der Waals surface area contributed by atoms with Gasteiger partial charge in [0, 0.05) is 52.9 Å². The largest absolute Gasteiger partial charge is 0.282 e. The van der Waals surface area contributed by atoms with Gasteiger partial charge < -0.3 is 0 Å². The molecule has 25 heavy (non-hydrogen) atoms. The summed E-state index contributed by atoms with van der Waals surface area (Å²) in [5, 5.41) is 0.367. The van der Waals surface area contributed by atoms with Crippen LogP contribution < -0.4 is 0 Å². The maximum absolute atomic E-state index is 3.01. The van der Waals surface area contributed by atoms with Crippen LogP contribution in [-0.2, 0) is 0 Å². The summed E-state index contributed by atoms with van der Waals surface area (Å²) in [6.07, 6.45) is 11.4. The Morgan fingerprint density at radius 1 is 0.680 bits per heavy atom. The molecule has 0 N–H and O–H groups in total. The van der Waals surface area contributed by atoms with Crippen molar-refractivity contribution >= 4 is 8.07 Å². The number of hydrogen-bond acceptors (Lipinski definition) is 4. The van der Waals surface area contributed by atoms with E-state index < -0.39 is 0 Å². The van der Waals surface area contributed by atoms with E-state index in [0.29, 0.717) is 16.6 Å². The molecule has 142 valence electrons. The summed E-state index contributed by atoms with van der Waals surface area (Å²) in [5.74, 6) is 0. The van der Waals surface area contributed by atoms with Crippen LogP contribution in [0.3, 0.4) is 0 Å². The molecule has 0 aliphatic carbocycles. The van der Waals surface area contributed by atoms with E-state index in [1.54, 1.807) is 0 Å². The first-order chi connectivity index (χ1) is 12.0. The van der Waals surface area contributed by atoms with Gasteiger partial charge in [0.15, 0.2) is 0 Å². The van der Waals surface area contributed by atoms with Crippen LogP contribution in [0.2, 0.25) is 0 Å². The van der Waals surface area contributed by atoms with Gasteiger partial charge in [-0.25, -0.2) is 4.67 Å². The second-order valence-electron chi connectivity index (χ2n) is 9.89. The first kappa shape index (κ1) is 17.4. The minimum Gasteiger partial charge on any atom is -0.282 e. The quantitative estimate of drug-likeness (QED) is 0.561. The van der Waals surface area contributed by atoms with Gasteiger partial charge in [-0.05, 0) is 71.9 Å². The van der Waals surface area contributed by atoms with Crippen molar-refractivity contribution in [2.24, 2.45) is 0 Å². The van der Waals surface area contributed by atoms with Crippen molar-refractivity contribution in [2.45, 2.75) is 82.3 Å². The molecule has 3 unspecified atom stereocenters. The average molecular weight is 365 g/mol. The second-order valence-corrected chi connectivity index (χ2v) is 12.2. The smallest absolute Gasteiger partial charge is 0.144 e. The Morgan fingerprint density at radius 3 is 1.52 bits per heavy atom. The molecule has 0 spiro atoms. The standard InChI is InChI=1S/C20H37N4P/c1-18(2,3)24-20(23-15-8-9-16-23)19(10-17-25(20)24,21-11-4-5-12-21)22-13-6-7-14-22/h4-17H2,1-3H3. The molecule has 0 bridgehead atoms. The fraction of sp³-hybridized carbons (Fsp3) is 1.00. The zero-order valence-corrected chi connectivity index (χ0v) is 17.5. The molecule has 0 aromatic carbocycles. The van der Waals surface area contributed by atoms with E-state index in [9.17, 15) is 0 Å². The highest BCUT2D eigenvalue weighted by molar-refractivity contribution is 7.64. The zero-order valence-electron chi connectivity index (χ0n) is 16.6. The van der Waals surface area contributed by atoms with E-state index in [-0.39, 0.29) is 8.07 Å². The summed E-state index contributed by atoms with van der Waals surface area (Å²) in [4.78, 5) is 8.93. The molecule has 5 aliphatic rings. The van der Waals surface area contributed by atoms with Crippen LogP contribution in [0.25, 0.3) is 0 Å². The van der Waals surface area contributed by atoms with Crippen molar-refractivity contribution in [3.8, 4) is 0 Å². The number of hydrogen-bond donors (Lipinski definition) is 0. The van der Waals surface area contributed by atoms with Crippen molar-refractivity contribution in [2.75, 3.05) is 45.4 Å². The SMILES string of the molecule is CC(C)(C)N1P2CCC(N3CCCC3)(N3CCCC3)C12N1CCCC1. The minimum atomic E-state index is 0.0107. The van der Waals surface area contributed by atoms with Crippen LogP contribution in [0, 0.1) is 0 Å². The Hall–Kier alpha value is 0.270. The molecule has 0 radical (unpaired) electrons. The second kappa shape index (κ2) is 5.88. The van der Waals surface area contributed by atoms with Crippen LogP contribution in [0.5, 0.6) is 0 Å². The van der Waals surface area contributed by atoms with E-state index in [2.05, 4.69) is 40.1 Å². The van der Waals surface area contributed by atoms with E-state index in [1.165, 1.54) is 90.4 Å².